The molecular weight excluding hydrogens is 478 g/mol. The molecule has 0 bridgehead atoms. The van der Waals surface area contributed by atoms with Gasteiger partial charge in [-0.25, -0.2) is 9.97 Å². The predicted octanol–water partition coefficient (Wildman–Crippen LogP) is 4.63. The highest BCUT2D eigenvalue weighted by molar-refractivity contribution is 5.95. The smallest absolute Gasteiger partial charge is 0.372 e. The van der Waals surface area contributed by atoms with Crippen LogP contribution in [0.15, 0.2) is 18.2 Å². The van der Waals surface area contributed by atoms with Crippen molar-refractivity contribution >= 4 is 11.7 Å². The van der Waals surface area contributed by atoms with Crippen LogP contribution in [0.25, 0.3) is 0 Å². The van der Waals surface area contributed by atoms with Gasteiger partial charge in [-0.05, 0) is 39.0 Å². The number of hydrogen-bond donors (Lipinski definition) is 0. The number of anilines is 1. The molecule has 0 radical (unpaired) electrons. The Hall–Kier alpha value is -2.89. The standard InChI is InChI=1S/C23H24F6N4O2/c1-12-9-33(10-13(2)35-12)20-18-11-32(5-4-19(18)30-14(3)31-20)21(34)15-6-16(22(24,25)26)8-17(7-15)23(27,28)29/h6-8,12-13H,4-5,9-11H2,1-3H3. The number of morpholine rings is 1. The summed E-state index contributed by atoms with van der Waals surface area (Å²) < 4.78 is 85.4. The van der Waals surface area contributed by atoms with E-state index in [1.54, 1.807) is 6.92 Å². The van der Waals surface area contributed by atoms with Gasteiger partial charge in [0, 0.05) is 37.2 Å². The molecule has 1 amide bonds. The highest BCUT2D eigenvalue weighted by Gasteiger charge is 2.38. The van der Waals surface area contributed by atoms with Gasteiger partial charge in [0.15, 0.2) is 0 Å². The van der Waals surface area contributed by atoms with Crippen molar-refractivity contribution in [3.05, 3.63) is 52.0 Å². The fraction of sp³-hybridized carbons (Fsp3) is 0.522. The second-order valence-electron chi connectivity index (χ2n) is 8.95. The molecule has 4 rings (SSSR count). The summed E-state index contributed by atoms with van der Waals surface area (Å²) in [6.07, 6.45) is -9.91. The number of aryl methyl sites for hydroxylation is 1. The predicted molar refractivity (Wildman–Crippen MR) is 114 cm³/mol. The first-order valence-corrected chi connectivity index (χ1v) is 11.1. The fourth-order valence-electron chi connectivity index (χ4n) is 4.56. The Morgan fingerprint density at radius 1 is 0.971 bits per heavy atom. The molecular formula is C23H24F6N4O2. The summed E-state index contributed by atoms with van der Waals surface area (Å²) in [6, 6.07) is 0.938. The third-order valence-corrected chi connectivity index (χ3v) is 5.99. The monoisotopic (exact) mass is 502 g/mol. The number of ether oxygens (including phenoxy) is 1. The number of rotatable bonds is 2. The van der Waals surface area contributed by atoms with E-state index in [2.05, 4.69) is 9.97 Å². The minimum Gasteiger partial charge on any atom is -0.372 e. The zero-order valence-corrected chi connectivity index (χ0v) is 19.3. The first-order valence-electron chi connectivity index (χ1n) is 11.1. The Balaban J connectivity index is 1.69. The van der Waals surface area contributed by atoms with Gasteiger partial charge in [-0.15, -0.1) is 0 Å². The molecule has 2 unspecified atom stereocenters. The van der Waals surface area contributed by atoms with Gasteiger partial charge in [-0.1, -0.05) is 0 Å². The molecule has 2 aromatic rings. The largest absolute Gasteiger partial charge is 0.416 e. The second kappa shape index (κ2) is 8.96. The SMILES string of the molecule is Cc1nc2c(c(N3CC(C)OC(C)C3)n1)CN(C(=O)c1cc(C(F)(F)F)cc(C(F)(F)F)c1)CC2. The molecule has 0 spiro atoms. The molecule has 1 fully saturated rings. The maximum absolute atomic E-state index is 13.3. The van der Waals surface area contributed by atoms with E-state index in [1.165, 1.54) is 4.90 Å². The minimum absolute atomic E-state index is 0.0117. The van der Waals surface area contributed by atoms with Crippen LogP contribution in [-0.2, 0) is 30.1 Å². The Morgan fingerprint density at radius 3 is 2.09 bits per heavy atom. The lowest BCUT2D eigenvalue weighted by Gasteiger charge is -2.38. The lowest BCUT2D eigenvalue weighted by Crippen LogP contribution is -2.47. The summed E-state index contributed by atoms with van der Waals surface area (Å²) in [7, 11) is 0. The van der Waals surface area contributed by atoms with Crippen LogP contribution >= 0.6 is 0 Å². The summed E-state index contributed by atoms with van der Waals surface area (Å²) in [5.74, 6) is 0.229. The topological polar surface area (TPSA) is 58.6 Å². The van der Waals surface area contributed by atoms with E-state index in [1.807, 2.05) is 18.7 Å². The molecule has 12 heteroatoms. The number of nitrogens with zero attached hydrogens (tertiary/aromatic N) is 4. The molecule has 0 saturated carbocycles. The van der Waals surface area contributed by atoms with E-state index in [0.717, 1.165) is 0 Å². The van der Waals surface area contributed by atoms with E-state index in [4.69, 9.17) is 4.74 Å². The van der Waals surface area contributed by atoms with Crippen molar-refractivity contribution in [2.24, 2.45) is 0 Å². The second-order valence-corrected chi connectivity index (χ2v) is 8.95. The lowest BCUT2D eigenvalue weighted by molar-refractivity contribution is -0.143. The molecule has 2 aliphatic heterocycles. The van der Waals surface area contributed by atoms with Gasteiger partial charge in [0.1, 0.15) is 11.6 Å². The van der Waals surface area contributed by atoms with Crippen LogP contribution in [0.1, 0.15) is 52.4 Å². The Bertz CT molecular complexity index is 1090. The van der Waals surface area contributed by atoms with Crippen LogP contribution in [0.2, 0.25) is 0 Å². The van der Waals surface area contributed by atoms with Crippen molar-refractivity contribution in [3.8, 4) is 0 Å². The maximum atomic E-state index is 13.3. The molecule has 6 nitrogen and oxygen atoms in total. The normalized spacial score (nSPS) is 21.2. The number of benzene rings is 1. The molecule has 1 aromatic heterocycles. The van der Waals surface area contributed by atoms with Crippen molar-refractivity contribution in [3.63, 3.8) is 0 Å². The van der Waals surface area contributed by atoms with Crippen LogP contribution in [-0.4, -0.2) is 52.6 Å². The number of aromatic nitrogens is 2. The van der Waals surface area contributed by atoms with Crippen LogP contribution in [0, 0.1) is 6.92 Å². The van der Waals surface area contributed by atoms with E-state index < -0.39 is 35.0 Å². The molecule has 3 heterocycles. The first kappa shape index (κ1) is 25.2. The van der Waals surface area contributed by atoms with E-state index in [-0.39, 0.29) is 31.4 Å². The van der Waals surface area contributed by atoms with Crippen LogP contribution in [0.3, 0.4) is 0 Å². The highest BCUT2D eigenvalue weighted by Crippen LogP contribution is 2.37. The van der Waals surface area contributed by atoms with Gasteiger partial charge < -0.3 is 14.5 Å². The molecule has 0 N–H and O–H groups in total. The van der Waals surface area contributed by atoms with E-state index >= 15 is 0 Å². The van der Waals surface area contributed by atoms with Crippen molar-refractivity contribution in [1.29, 1.82) is 0 Å². The minimum atomic E-state index is -5.03. The molecule has 0 aliphatic carbocycles. The summed E-state index contributed by atoms with van der Waals surface area (Å²) >= 11 is 0. The third-order valence-electron chi connectivity index (χ3n) is 5.99. The zero-order chi connectivity index (χ0) is 25.7. The van der Waals surface area contributed by atoms with Crippen molar-refractivity contribution in [1.82, 2.24) is 14.9 Å². The fourth-order valence-corrected chi connectivity index (χ4v) is 4.56. The Kier molecular flexibility index (Phi) is 6.45. The van der Waals surface area contributed by atoms with Gasteiger partial charge >= 0.3 is 12.4 Å². The average molecular weight is 502 g/mol. The molecule has 2 atom stereocenters. The number of amides is 1. The number of hydrogen-bond acceptors (Lipinski definition) is 5. The zero-order valence-electron chi connectivity index (χ0n) is 19.3. The number of alkyl halides is 6. The Morgan fingerprint density at radius 2 is 1.54 bits per heavy atom. The summed E-state index contributed by atoms with van der Waals surface area (Å²) in [5, 5.41) is 0. The molecule has 2 aliphatic rings. The third kappa shape index (κ3) is 5.36. The van der Waals surface area contributed by atoms with Crippen molar-refractivity contribution in [2.45, 2.75) is 58.3 Å². The Labute approximate surface area is 197 Å². The highest BCUT2D eigenvalue weighted by atomic mass is 19.4. The van der Waals surface area contributed by atoms with Gasteiger partial charge in [0.05, 0.1) is 35.6 Å². The average Bonchev–Trinajstić information content (AvgIpc) is 2.75. The quantitative estimate of drug-likeness (QED) is 0.561. The summed E-state index contributed by atoms with van der Waals surface area (Å²) in [4.78, 5) is 25.4. The van der Waals surface area contributed by atoms with E-state index in [9.17, 15) is 31.1 Å². The number of carbonyl (C=O) groups is 1. The van der Waals surface area contributed by atoms with Crippen LogP contribution in [0.4, 0.5) is 32.2 Å². The molecule has 1 saturated heterocycles. The summed E-state index contributed by atoms with van der Waals surface area (Å²) in [5.41, 5.74) is -2.37. The first-order chi connectivity index (χ1) is 16.2. The molecule has 35 heavy (non-hydrogen) atoms. The van der Waals surface area contributed by atoms with E-state index in [0.29, 0.717) is 54.5 Å². The number of carbonyl (C=O) groups excluding carboxylic acids is 1. The van der Waals surface area contributed by atoms with Gasteiger partial charge in [0.25, 0.3) is 5.91 Å². The lowest BCUT2D eigenvalue weighted by atomic mass is 10.0. The number of fused-ring (bicyclic) bond motifs is 1. The van der Waals surface area contributed by atoms with Crippen molar-refractivity contribution < 1.29 is 35.9 Å². The van der Waals surface area contributed by atoms with Gasteiger partial charge in [-0.2, -0.15) is 26.3 Å². The van der Waals surface area contributed by atoms with Crippen LogP contribution in [0.5, 0.6) is 0 Å². The maximum Gasteiger partial charge on any atom is 0.416 e. The summed E-state index contributed by atoms with van der Waals surface area (Å²) in [6.45, 7) is 6.76. The van der Waals surface area contributed by atoms with Gasteiger partial charge in [-0.3, -0.25) is 4.79 Å². The van der Waals surface area contributed by atoms with Gasteiger partial charge in [0.2, 0.25) is 0 Å². The molecule has 1 aromatic carbocycles. The van der Waals surface area contributed by atoms with Crippen LogP contribution < -0.4 is 4.90 Å². The number of halogens is 6. The molecule has 190 valence electrons. The van der Waals surface area contributed by atoms with Crippen molar-refractivity contribution in [2.75, 3.05) is 24.5 Å².